The molecule has 2 aromatic carbocycles. The van der Waals surface area contributed by atoms with Gasteiger partial charge in [-0.05, 0) is 56.6 Å². The van der Waals surface area contributed by atoms with Gasteiger partial charge in [0.15, 0.2) is 5.76 Å². The number of carbonyl (C=O) groups excluding carboxylic acids is 3. The first-order valence-corrected chi connectivity index (χ1v) is 11.0. The summed E-state index contributed by atoms with van der Waals surface area (Å²) in [6.45, 7) is 1.14. The molecule has 2 heterocycles. The van der Waals surface area contributed by atoms with E-state index >= 15 is 0 Å². The molecule has 0 saturated heterocycles. The molecule has 1 aliphatic rings. The van der Waals surface area contributed by atoms with E-state index in [2.05, 4.69) is 20.9 Å². The van der Waals surface area contributed by atoms with Crippen LogP contribution in [0.2, 0.25) is 0 Å². The molecule has 4 N–H and O–H groups in total. The molecule has 0 spiro atoms. The van der Waals surface area contributed by atoms with Gasteiger partial charge in [0.1, 0.15) is 17.2 Å². The maximum atomic E-state index is 13.2. The number of nitrogens with one attached hydrogen (secondary N) is 4. The number of H-pyrrole nitrogens is 1. The maximum absolute atomic E-state index is 13.2. The molecule has 10 nitrogen and oxygen atoms in total. The van der Waals surface area contributed by atoms with Gasteiger partial charge in [-0.3, -0.25) is 9.59 Å². The lowest BCUT2D eigenvalue weighted by Gasteiger charge is -2.10. The van der Waals surface area contributed by atoms with Gasteiger partial charge >= 0.3 is 6.03 Å². The van der Waals surface area contributed by atoms with Crippen LogP contribution in [0.1, 0.15) is 26.4 Å². The summed E-state index contributed by atoms with van der Waals surface area (Å²) < 4.78 is 11.2. The summed E-state index contributed by atoms with van der Waals surface area (Å²) in [5.41, 5.74) is 2.32. The molecule has 182 valence electrons. The fourth-order valence-corrected chi connectivity index (χ4v) is 3.72. The number of allylic oxidation sites excluding steroid dienone is 1. The van der Waals surface area contributed by atoms with Gasteiger partial charge in [0.05, 0.1) is 12.7 Å². The average molecular weight is 478 g/mol. The molecule has 1 aliphatic heterocycles. The van der Waals surface area contributed by atoms with Crippen molar-refractivity contribution < 1.29 is 23.9 Å². The van der Waals surface area contributed by atoms with Crippen LogP contribution in [0.15, 0.2) is 42.2 Å². The van der Waals surface area contributed by atoms with Crippen molar-refractivity contribution >= 4 is 40.4 Å². The second-order valence-electron chi connectivity index (χ2n) is 8.24. The number of likely N-dealkylation sites (N-methyl/N-ethyl adjacent to an activating group) is 1. The number of ketones is 1. The largest absolute Gasteiger partial charge is 0.497 e. The van der Waals surface area contributed by atoms with Crippen molar-refractivity contribution in [2.75, 3.05) is 46.7 Å². The van der Waals surface area contributed by atoms with E-state index in [1.807, 2.05) is 25.1 Å². The van der Waals surface area contributed by atoms with Crippen molar-refractivity contribution in [1.82, 2.24) is 20.5 Å². The summed E-state index contributed by atoms with van der Waals surface area (Å²) in [5, 5.41) is 8.71. The Bertz CT molecular complexity index is 1340. The first-order valence-electron chi connectivity index (χ1n) is 11.0. The molecule has 0 fully saturated rings. The van der Waals surface area contributed by atoms with Crippen molar-refractivity contribution in [1.29, 1.82) is 0 Å². The summed E-state index contributed by atoms with van der Waals surface area (Å²) in [7, 11) is 6.91. The molecule has 10 heteroatoms. The van der Waals surface area contributed by atoms with Gasteiger partial charge < -0.3 is 35.3 Å². The summed E-state index contributed by atoms with van der Waals surface area (Å²) in [6, 6.07) is 9.82. The molecule has 0 aliphatic carbocycles. The Hall–Kier alpha value is -4.31. The molecule has 35 heavy (non-hydrogen) atoms. The smallest absolute Gasteiger partial charge is 0.318 e. The third kappa shape index (κ3) is 4.97. The number of hydrogen-bond acceptors (Lipinski definition) is 6. The number of amides is 3. The predicted molar refractivity (Wildman–Crippen MR) is 133 cm³/mol. The van der Waals surface area contributed by atoms with Crippen LogP contribution in [0.3, 0.4) is 0 Å². The molecule has 0 atom stereocenters. The van der Waals surface area contributed by atoms with E-state index in [1.165, 1.54) is 7.05 Å². The molecular weight excluding hydrogens is 450 g/mol. The number of carbonyl (C=O) groups is 3. The third-order valence-corrected chi connectivity index (χ3v) is 5.55. The Morgan fingerprint density at radius 1 is 1.17 bits per heavy atom. The fourth-order valence-electron chi connectivity index (χ4n) is 3.72. The van der Waals surface area contributed by atoms with Crippen LogP contribution >= 0.6 is 0 Å². The monoisotopic (exact) mass is 477 g/mol. The van der Waals surface area contributed by atoms with Crippen LogP contribution < -0.4 is 25.4 Å². The van der Waals surface area contributed by atoms with E-state index in [9.17, 15) is 14.4 Å². The van der Waals surface area contributed by atoms with Crippen LogP contribution in [-0.4, -0.2) is 68.9 Å². The Labute approximate surface area is 202 Å². The van der Waals surface area contributed by atoms with Gasteiger partial charge in [0.25, 0.3) is 5.91 Å². The Balaban J connectivity index is 1.72. The van der Waals surface area contributed by atoms with Crippen LogP contribution in [0, 0.1) is 0 Å². The quantitative estimate of drug-likeness (QED) is 0.388. The van der Waals surface area contributed by atoms with Crippen molar-refractivity contribution in [3.05, 3.63) is 59.0 Å². The Morgan fingerprint density at radius 3 is 2.69 bits per heavy atom. The lowest BCUT2D eigenvalue weighted by atomic mass is 10.1. The standard InChI is InChI=1S/C25H27N5O5/c1-26-25(33)28-14-5-8-20-18(11-14)23(31)21(35-20)13-17-16-12-15(34-4)6-7-19(16)29-22(17)24(32)27-9-10-30(2)3/h5-8,11-13,29H,9-10H2,1-4H3,(H,27,32)(H2,26,28,33)/b21-13-. The highest BCUT2D eigenvalue weighted by Gasteiger charge is 2.29. The van der Waals surface area contributed by atoms with Crippen LogP contribution in [-0.2, 0) is 0 Å². The van der Waals surface area contributed by atoms with Crippen molar-refractivity contribution in [3.63, 3.8) is 0 Å². The van der Waals surface area contributed by atoms with Gasteiger partial charge in [-0.2, -0.15) is 0 Å². The van der Waals surface area contributed by atoms with Gasteiger partial charge in [-0.1, -0.05) is 0 Å². The molecule has 3 amide bonds. The average Bonchev–Trinajstić information content (AvgIpc) is 3.36. The number of rotatable bonds is 7. The second kappa shape index (κ2) is 9.90. The number of fused-ring (bicyclic) bond motifs is 2. The molecule has 4 rings (SSSR count). The number of aromatic amines is 1. The molecule has 0 unspecified atom stereocenters. The SMILES string of the molecule is CNC(=O)Nc1ccc2c(c1)C(=O)/C(=C/c1c(C(=O)NCCN(C)C)[nH]c3ccc(OC)cc13)O2. The molecule has 0 saturated carbocycles. The summed E-state index contributed by atoms with van der Waals surface area (Å²) in [5.74, 6) is 0.412. The maximum Gasteiger partial charge on any atom is 0.318 e. The highest BCUT2D eigenvalue weighted by atomic mass is 16.5. The first-order chi connectivity index (χ1) is 16.8. The fraction of sp³-hybridized carbons (Fsp3) is 0.240. The second-order valence-corrected chi connectivity index (χ2v) is 8.24. The third-order valence-electron chi connectivity index (χ3n) is 5.55. The minimum absolute atomic E-state index is 0.0724. The van der Waals surface area contributed by atoms with Gasteiger partial charge in [0, 0.05) is 42.3 Å². The molecule has 0 bridgehead atoms. The lowest BCUT2D eigenvalue weighted by molar-refractivity contribution is 0.0945. The molecular formula is C25H27N5O5. The summed E-state index contributed by atoms with van der Waals surface area (Å²) >= 11 is 0. The minimum Gasteiger partial charge on any atom is -0.497 e. The zero-order valence-corrected chi connectivity index (χ0v) is 19.9. The van der Waals surface area contributed by atoms with Crippen LogP contribution in [0.25, 0.3) is 17.0 Å². The highest BCUT2D eigenvalue weighted by molar-refractivity contribution is 6.17. The predicted octanol–water partition coefficient (Wildman–Crippen LogP) is 2.84. The number of hydrogen-bond donors (Lipinski definition) is 4. The van der Waals surface area contributed by atoms with E-state index in [4.69, 9.17) is 9.47 Å². The summed E-state index contributed by atoms with van der Waals surface area (Å²) in [4.78, 5) is 42.9. The molecule has 1 aromatic heterocycles. The number of anilines is 1. The van der Waals surface area contributed by atoms with E-state index in [1.54, 1.807) is 43.5 Å². The van der Waals surface area contributed by atoms with Gasteiger partial charge in [-0.25, -0.2) is 4.79 Å². The van der Waals surface area contributed by atoms with Crippen molar-refractivity contribution in [3.8, 4) is 11.5 Å². The van der Waals surface area contributed by atoms with E-state index in [-0.39, 0.29) is 17.4 Å². The topological polar surface area (TPSA) is 125 Å². The molecule has 3 aromatic rings. The van der Waals surface area contributed by atoms with Gasteiger partial charge in [-0.15, -0.1) is 0 Å². The van der Waals surface area contributed by atoms with E-state index in [0.717, 1.165) is 5.52 Å². The molecule has 0 radical (unpaired) electrons. The van der Waals surface area contributed by atoms with E-state index in [0.29, 0.717) is 52.5 Å². The zero-order chi connectivity index (χ0) is 25.1. The van der Waals surface area contributed by atoms with Crippen molar-refractivity contribution in [2.24, 2.45) is 0 Å². The Kier molecular flexibility index (Phi) is 6.74. The number of benzene rings is 2. The number of ether oxygens (including phenoxy) is 2. The summed E-state index contributed by atoms with van der Waals surface area (Å²) in [6.07, 6.45) is 1.56. The lowest BCUT2D eigenvalue weighted by Crippen LogP contribution is -2.31. The highest BCUT2D eigenvalue weighted by Crippen LogP contribution is 2.36. The number of aromatic nitrogens is 1. The first kappa shape index (κ1) is 23.8. The van der Waals surface area contributed by atoms with Crippen LogP contribution in [0.5, 0.6) is 11.5 Å². The van der Waals surface area contributed by atoms with Crippen molar-refractivity contribution in [2.45, 2.75) is 0 Å². The van der Waals surface area contributed by atoms with E-state index < -0.39 is 6.03 Å². The Morgan fingerprint density at radius 2 is 1.97 bits per heavy atom. The van der Waals surface area contributed by atoms with Gasteiger partial charge in [0.2, 0.25) is 5.78 Å². The number of Topliss-reactive ketones (excluding diaryl/α,β-unsaturated/α-hetero) is 1. The normalized spacial score (nSPS) is 13.6. The number of urea groups is 1. The zero-order valence-electron chi connectivity index (χ0n) is 19.9. The number of methoxy groups -OCH3 is 1. The van der Waals surface area contributed by atoms with Crippen LogP contribution in [0.4, 0.5) is 10.5 Å². The number of nitrogens with zero attached hydrogens (tertiary/aromatic N) is 1. The minimum atomic E-state index is -0.398.